The van der Waals surface area contributed by atoms with E-state index in [1.165, 1.54) is 11.1 Å². The number of hydrogen-bond acceptors (Lipinski definition) is 6. The van der Waals surface area contributed by atoms with E-state index in [1.54, 1.807) is 54.6 Å². The molecule has 2 heterocycles. The maximum absolute atomic E-state index is 13.6. The molecule has 8 heteroatoms. The molecule has 8 nitrogen and oxygen atoms in total. The van der Waals surface area contributed by atoms with Crippen molar-refractivity contribution in [3.8, 4) is 0 Å². The predicted molar refractivity (Wildman–Crippen MR) is 117 cm³/mol. The fraction of sp³-hybridized carbons (Fsp3) is 0.167. The van der Waals surface area contributed by atoms with Crippen LogP contribution in [0.15, 0.2) is 78.9 Å². The molecular formula is C24H19N3O5. The average molecular weight is 429 g/mol. The molecule has 0 radical (unpaired) electrons. The third-order valence-corrected chi connectivity index (χ3v) is 5.87. The number of aryl methyl sites for hydroxylation is 1. The second kappa shape index (κ2) is 7.58. The zero-order valence-electron chi connectivity index (χ0n) is 17.1. The number of carbonyl (C=O) groups is 2. The SMILES string of the molecule is Cc1ccc(N2C(=O)[C@H]3[C@H](ON(c4ccccc4)[C@@H]3c3ccccc3[N+](=O)[O-])C2=O)cc1. The monoisotopic (exact) mass is 429 g/mol. The van der Waals surface area contributed by atoms with Crippen LogP contribution in [0, 0.1) is 23.0 Å². The minimum absolute atomic E-state index is 0.128. The minimum Gasteiger partial charge on any atom is -0.273 e. The molecule has 0 spiro atoms. The first-order chi connectivity index (χ1) is 15.5. The molecule has 2 saturated heterocycles. The summed E-state index contributed by atoms with van der Waals surface area (Å²) in [6.07, 6.45) is -1.08. The Labute approximate surface area is 183 Å². The average Bonchev–Trinajstić information content (AvgIpc) is 3.31. The van der Waals surface area contributed by atoms with E-state index in [-0.39, 0.29) is 5.69 Å². The lowest BCUT2D eigenvalue weighted by molar-refractivity contribution is -0.385. The van der Waals surface area contributed by atoms with Crippen LogP contribution in [-0.4, -0.2) is 22.8 Å². The van der Waals surface area contributed by atoms with Gasteiger partial charge in [0.05, 0.1) is 21.9 Å². The van der Waals surface area contributed by atoms with Crippen molar-refractivity contribution in [1.82, 2.24) is 0 Å². The van der Waals surface area contributed by atoms with E-state index in [0.29, 0.717) is 16.9 Å². The second-order valence-electron chi connectivity index (χ2n) is 7.82. The van der Waals surface area contributed by atoms with Crippen molar-refractivity contribution in [1.29, 1.82) is 0 Å². The molecule has 3 aromatic carbocycles. The molecule has 2 fully saturated rings. The molecule has 2 aliphatic rings. The third-order valence-electron chi connectivity index (χ3n) is 5.87. The van der Waals surface area contributed by atoms with Crippen LogP contribution in [0.4, 0.5) is 17.1 Å². The first kappa shape index (κ1) is 19.9. The Kier molecular flexibility index (Phi) is 4.71. The number of amides is 2. The van der Waals surface area contributed by atoms with Gasteiger partial charge in [-0.2, -0.15) is 0 Å². The Morgan fingerprint density at radius 2 is 1.50 bits per heavy atom. The van der Waals surface area contributed by atoms with Crippen molar-refractivity contribution in [2.45, 2.75) is 19.1 Å². The van der Waals surface area contributed by atoms with Crippen molar-refractivity contribution in [2.75, 3.05) is 9.96 Å². The van der Waals surface area contributed by atoms with Crippen LogP contribution in [0.25, 0.3) is 0 Å². The van der Waals surface area contributed by atoms with E-state index in [1.807, 2.05) is 25.1 Å². The molecule has 0 bridgehead atoms. The van der Waals surface area contributed by atoms with Gasteiger partial charge in [-0.1, -0.05) is 48.0 Å². The van der Waals surface area contributed by atoms with Gasteiger partial charge in [0.15, 0.2) is 6.10 Å². The summed E-state index contributed by atoms with van der Waals surface area (Å²) in [5, 5.41) is 13.2. The molecule has 3 aromatic rings. The van der Waals surface area contributed by atoms with Gasteiger partial charge in [-0.05, 0) is 37.3 Å². The van der Waals surface area contributed by atoms with E-state index in [0.717, 1.165) is 10.5 Å². The van der Waals surface area contributed by atoms with Crippen molar-refractivity contribution < 1.29 is 19.3 Å². The van der Waals surface area contributed by atoms with Crippen LogP contribution < -0.4 is 9.96 Å². The summed E-state index contributed by atoms with van der Waals surface area (Å²) in [6.45, 7) is 1.91. The zero-order valence-corrected chi connectivity index (χ0v) is 17.1. The van der Waals surface area contributed by atoms with Crippen molar-refractivity contribution in [3.63, 3.8) is 0 Å². The molecule has 0 unspecified atom stereocenters. The Bertz CT molecular complexity index is 1210. The van der Waals surface area contributed by atoms with Gasteiger partial charge in [0.1, 0.15) is 12.0 Å². The zero-order chi connectivity index (χ0) is 22.4. The predicted octanol–water partition coefficient (Wildman–Crippen LogP) is 3.95. The van der Waals surface area contributed by atoms with Crippen LogP contribution in [0.1, 0.15) is 17.2 Å². The number of fused-ring (bicyclic) bond motifs is 1. The van der Waals surface area contributed by atoms with E-state index >= 15 is 0 Å². The van der Waals surface area contributed by atoms with Gasteiger partial charge in [0, 0.05) is 6.07 Å². The standard InChI is InChI=1S/C24H19N3O5/c1-15-11-13-16(14-12-15)25-23(28)20-21(18-9-5-6-10-19(18)27(30)31)26(32-22(20)24(25)29)17-7-3-2-4-8-17/h2-14,20-22H,1H3/t20-,21-,22+/m1/s1. The smallest absolute Gasteiger partial charge is 0.273 e. The van der Waals surface area contributed by atoms with Gasteiger partial charge in [-0.3, -0.25) is 24.5 Å². The molecule has 0 aromatic heterocycles. The number of para-hydroxylation sites is 2. The number of carbonyl (C=O) groups excluding carboxylic acids is 2. The van der Waals surface area contributed by atoms with Gasteiger partial charge in [0.25, 0.3) is 11.6 Å². The Hall–Kier alpha value is -4.04. The van der Waals surface area contributed by atoms with Crippen molar-refractivity contribution in [2.24, 2.45) is 5.92 Å². The molecule has 3 atom stereocenters. The summed E-state index contributed by atoms with van der Waals surface area (Å²) in [5.41, 5.74) is 2.25. The highest BCUT2D eigenvalue weighted by Gasteiger charge is 2.61. The fourth-order valence-corrected chi connectivity index (χ4v) is 4.38. The third kappa shape index (κ3) is 3.04. The van der Waals surface area contributed by atoms with Gasteiger partial charge < -0.3 is 0 Å². The lowest BCUT2D eigenvalue weighted by Crippen LogP contribution is -2.37. The molecule has 2 aliphatic heterocycles. The summed E-state index contributed by atoms with van der Waals surface area (Å²) < 4.78 is 0. The lowest BCUT2D eigenvalue weighted by atomic mass is 9.89. The molecule has 2 amide bonds. The molecule has 0 saturated carbocycles. The summed E-state index contributed by atoms with van der Waals surface area (Å²) in [7, 11) is 0. The normalized spacial score (nSPS) is 22.3. The van der Waals surface area contributed by atoms with E-state index in [2.05, 4.69) is 0 Å². The fourth-order valence-electron chi connectivity index (χ4n) is 4.38. The minimum atomic E-state index is -1.08. The number of imide groups is 1. The largest absolute Gasteiger partial charge is 0.274 e. The van der Waals surface area contributed by atoms with E-state index in [9.17, 15) is 19.7 Å². The highest BCUT2D eigenvalue weighted by molar-refractivity contribution is 6.24. The van der Waals surface area contributed by atoms with E-state index in [4.69, 9.17) is 4.84 Å². The first-order valence-electron chi connectivity index (χ1n) is 10.2. The van der Waals surface area contributed by atoms with Crippen molar-refractivity contribution in [3.05, 3.63) is 100 Å². The lowest BCUT2D eigenvalue weighted by Gasteiger charge is -2.28. The molecule has 5 rings (SSSR count). The van der Waals surface area contributed by atoms with Gasteiger partial charge in [-0.15, -0.1) is 0 Å². The number of nitro benzene ring substituents is 1. The van der Waals surface area contributed by atoms with Crippen LogP contribution in [0.5, 0.6) is 0 Å². The highest BCUT2D eigenvalue weighted by atomic mass is 16.7. The number of anilines is 2. The van der Waals surface area contributed by atoms with Crippen LogP contribution in [-0.2, 0) is 14.4 Å². The number of nitro groups is 1. The Morgan fingerprint density at radius 3 is 2.19 bits per heavy atom. The van der Waals surface area contributed by atoms with Crippen LogP contribution in [0.3, 0.4) is 0 Å². The number of nitrogens with zero attached hydrogens (tertiary/aromatic N) is 3. The molecule has 32 heavy (non-hydrogen) atoms. The summed E-state index contributed by atoms with van der Waals surface area (Å²) >= 11 is 0. The Morgan fingerprint density at radius 1 is 0.844 bits per heavy atom. The molecule has 160 valence electrons. The first-order valence-corrected chi connectivity index (χ1v) is 10.2. The topological polar surface area (TPSA) is 93.0 Å². The maximum atomic E-state index is 13.6. The number of rotatable bonds is 4. The quantitative estimate of drug-likeness (QED) is 0.354. The summed E-state index contributed by atoms with van der Waals surface area (Å²) in [6, 6.07) is 21.4. The number of hydroxylamine groups is 1. The summed E-state index contributed by atoms with van der Waals surface area (Å²) in [4.78, 5) is 45.3. The molecule has 0 N–H and O–H groups in total. The maximum Gasteiger partial charge on any atom is 0.274 e. The van der Waals surface area contributed by atoms with Crippen LogP contribution >= 0.6 is 0 Å². The van der Waals surface area contributed by atoms with Gasteiger partial charge in [0.2, 0.25) is 5.91 Å². The van der Waals surface area contributed by atoms with Gasteiger partial charge >= 0.3 is 0 Å². The second-order valence-corrected chi connectivity index (χ2v) is 7.82. The van der Waals surface area contributed by atoms with Crippen molar-refractivity contribution >= 4 is 28.9 Å². The summed E-state index contributed by atoms with van der Waals surface area (Å²) in [5.74, 6) is -1.85. The number of benzene rings is 3. The molecular weight excluding hydrogens is 410 g/mol. The molecule has 0 aliphatic carbocycles. The highest BCUT2D eigenvalue weighted by Crippen LogP contribution is 2.49. The number of hydrogen-bond donors (Lipinski definition) is 0. The van der Waals surface area contributed by atoms with Gasteiger partial charge in [-0.25, -0.2) is 9.96 Å². The van der Waals surface area contributed by atoms with Crippen LogP contribution in [0.2, 0.25) is 0 Å². The van der Waals surface area contributed by atoms with E-state index < -0.39 is 34.8 Å². The Balaban J connectivity index is 1.63.